The molecule has 0 aliphatic carbocycles. The third kappa shape index (κ3) is 3.88. The van der Waals surface area contributed by atoms with Crippen molar-refractivity contribution in [3.63, 3.8) is 0 Å². The first-order valence-corrected chi connectivity index (χ1v) is 6.82. The number of aromatic nitrogens is 1. The third-order valence-electron chi connectivity index (χ3n) is 3.61. The molecule has 110 valence electrons. The van der Waals surface area contributed by atoms with Gasteiger partial charge in [-0.2, -0.15) is 0 Å². The first kappa shape index (κ1) is 14.7. The van der Waals surface area contributed by atoms with Gasteiger partial charge in [0, 0.05) is 44.8 Å². The molecule has 1 aromatic heterocycles. The zero-order valence-electron chi connectivity index (χ0n) is 12.0. The zero-order valence-corrected chi connectivity index (χ0v) is 12.0. The van der Waals surface area contributed by atoms with E-state index in [1.165, 1.54) is 6.20 Å². The van der Waals surface area contributed by atoms with Crippen LogP contribution in [-0.4, -0.2) is 66.0 Å². The third-order valence-corrected chi connectivity index (χ3v) is 3.61. The molecule has 0 unspecified atom stereocenters. The van der Waals surface area contributed by atoms with E-state index < -0.39 is 4.92 Å². The molecule has 1 aromatic rings. The molecule has 1 fully saturated rings. The normalized spacial score (nSPS) is 17.1. The molecule has 1 N–H and O–H groups in total. The molecule has 0 spiro atoms. The summed E-state index contributed by atoms with van der Waals surface area (Å²) in [6.45, 7) is 7.88. The van der Waals surface area contributed by atoms with Crippen molar-refractivity contribution >= 4 is 11.5 Å². The van der Waals surface area contributed by atoms with Crippen LogP contribution in [0.2, 0.25) is 0 Å². The molecule has 2 rings (SSSR count). The number of anilines is 1. The van der Waals surface area contributed by atoms with E-state index in [0.717, 1.165) is 39.3 Å². The van der Waals surface area contributed by atoms with Gasteiger partial charge in [-0.05, 0) is 20.0 Å². The van der Waals surface area contributed by atoms with E-state index in [4.69, 9.17) is 0 Å². The highest BCUT2D eigenvalue weighted by Crippen LogP contribution is 2.18. The van der Waals surface area contributed by atoms with Gasteiger partial charge in [0.15, 0.2) is 0 Å². The number of rotatable bonds is 5. The summed E-state index contributed by atoms with van der Waals surface area (Å²) in [6.07, 6.45) is 1.31. The Bertz CT molecular complexity index is 472. The van der Waals surface area contributed by atoms with Crippen molar-refractivity contribution in [1.29, 1.82) is 0 Å². The van der Waals surface area contributed by atoms with Gasteiger partial charge in [-0.25, -0.2) is 4.98 Å². The quantitative estimate of drug-likeness (QED) is 0.639. The largest absolute Gasteiger partial charge is 0.369 e. The zero-order chi connectivity index (χ0) is 14.5. The number of aryl methyl sites for hydroxylation is 1. The molecule has 0 bridgehead atoms. The topological polar surface area (TPSA) is 74.5 Å². The van der Waals surface area contributed by atoms with Crippen molar-refractivity contribution in [2.45, 2.75) is 6.92 Å². The number of pyridine rings is 1. The van der Waals surface area contributed by atoms with Crippen LogP contribution in [0.4, 0.5) is 11.5 Å². The highest BCUT2D eigenvalue weighted by molar-refractivity contribution is 5.46. The molecule has 1 saturated heterocycles. The Hall–Kier alpha value is -1.73. The fourth-order valence-electron chi connectivity index (χ4n) is 2.25. The summed E-state index contributed by atoms with van der Waals surface area (Å²) < 4.78 is 0. The van der Waals surface area contributed by atoms with E-state index in [1.54, 1.807) is 13.0 Å². The van der Waals surface area contributed by atoms with E-state index in [-0.39, 0.29) is 5.69 Å². The average Bonchev–Trinajstić information content (AvgIpc) is 2.41. The number of hydrogen-bond acceptors (Lipinski definition) is 6. The van der Waals surface area contributed by atoms with Gasteiger partial charge in [0.05, 0.1) is 4.92 Å². The fraction of sp³-hybridized carbons (Fsp3) is 0.615. The summed E-state index contributed by atoms with van der Waals surface area (Å²) in [5.41, 5.74) is 0.696. The van der Waals surface area contributed by atoms with Crippen LogP contribution in [0, 0.1) is 17.0 Å². The monoisotopic (exact) mass is 279 g/mol. The first-order valence-electron chi connectivity index (χ1n) is 6.82. The van der Waals surface area contributed by atoms with Gasteiger partial charge in [0.1, 0.15) is 12.0 Å². The second kappa shape index (κ2) is 6.62. The molecule has 0 radical (unpaired) electrons. The van der Waals surface area contributed by atoms with Gasteiger partial charge in [0.2, 0.25) is 0 Å². The number of nitro groups is 1. The number of hydrogen-bond donors (Lipinski definition) is 1. The minimum absolute atomic E-state index is 0.0645. The number of piperazine rings is 1. The van der Waals surface area contributed by atoms with Gasteiger partial charge in [-0.3, -0.25) is 15.0 Å². The highest BCUT2D eigenvalue weighted by atomic mass is 16.6. The molecular weight excluding hydrogens is 258 g/mol. The summed E-state index contributed by atoms with van der Waals surface area (Å²) in [5.74, 6) is 0.697. The van der Waals surface area contributed by atoms with Crippen LogP contribution in [0.25, 0.3) is 0 Å². The van der Waals surface area contributed by atoms with E-state index in [9.17, 15) is 10.1 Å². The maximum atomic E-state index is 10.7. The molecule has 20 heavy (non-hydrogen) atoms. The van der Waals surface area contributed by atoms with Gasteiger partial charge < -0.3 is 10.2 Å². The molecule has 1 aliphatic heterocycles. The second-order valence-corrected chi connectivity index (χ2v) is 5.18. The molecular formula is C13H21N5O2. The van der Waals surface area contributed by atoms with Crippen LogP contribution in [0.3, 0.4) is 0 Å². The smallest absolute Gasteiger partial charge is 0.290 e. The van der Waals surface area contributed by atoms with Crippen LogP contribution in [0.1, 0.15) is 5.56 Å². The van der Waals surface area contributed by atoms with Crippen LogP contribution in [0.15, 0.2) is 12.3 Å². The van der Waals surface area contributed by atoms with Crippen LogP contribution in [-0.2, 0) is 0 Å². The van der Waals surface area contributed by atoms with Gasteiger partial charge in [-0.15, -0.1) is 0 Å². The summed E-state index contributed by atoms with van der Waals surface area (Å²) in [6, 6.07) is 1.72. The number of likely N-dealkylation sites (N-methyl/N-ethyl adjacent to an activating group) is 1. The Morgan fingerprint density at radius 3 is 2.70 bits per heavy atom. The lowest BCUT2D eigenvalue weighted by atomic mass is 10.2. The van der Waals surface area contributed by atoms with Crippen LogP contribution < -0.4 is 5.32 Å². The Labute approximate surface area is 118 Å². The van der Waals surface area contributed by atoms with Crippen molar-refractivity contribution in [3.05, 3.63) is 27.9 Å². The summed E-state index contributed by atoms with van der Waals surface area (Å²) in [4.78, 5) is 19.1. The molecule has 0 saturated carbocycles. The Morgan fingerprint density at radius 1 is 1.40 bits per heavy atom. The highest BCUT2D eigenvalue weighted by Gasteiger charge is 2.14. The van der Waals surface area contributed by atoms with Crippen molar-refractivity contribution in [2.75, 3.05) is 51.6 Å². The Kier molecular flexibility index (Phi) is 4.86. The first-order chi connectivity index (χ1) is 9.56. The molecule has 0 amide bonds. The van der Waals surface area contributed by atoms with E-state index in [0.29, 0.717) is 11.4 Å². The van der Waals surface area contributed by atoms with Gasteiger partial charge in [-0.1, -0.05) is 0 Å². The van der Waals surface area contributed by atoms with Gasteiger partial charge >= 0.3 is 0 Å². The average molecular weight is 279 g/mol. The lowest BCUT2D eigenvalue weighted by molar-refractivity contribution is -0.385. The minimum atomic E-state index is -0.406. The lowest BCUT2D eigenvalue weighted by Gasteiger charge is -2.32. The molecule has 0 atom stereocenters. The van der Waals surface area contributed by atoms with E-state index in [2.05, 4.69) is 27.1 Å². The predicted octanol–water partition coefficient (Wildman–Crippen LogP) is 0.958. The maximum Gasteiger partial charge on any atom is 0.290 e. The Morgan fingerprint density at radius 2 is 2.10 bits per heavy atom. The SMILES string of the molecule is Cc1cc(NCCN2CCN(C)CC2)ncc1[N+](=O)[O-]. The fourth-order valence-corrected chi connectivity index (χ4v) is 2.25. The van der Waals surface area contributed by atoms with Crippen molar-refractivity contribution in [3.8, 4) is 0 Å². The lowest BCUT2D eigenvalue weighted by Crippen LogP contribution is -2.45. The molecule has 0 aromatic carbocycles. The molecule has 2 heterocycles. The number of nitrogens with zero attached hydrogens (tertiary/aromatic N) is 4. The summed E-state index contributed by atoms with van der Waals surface area (Å²) in [5, 5.41) is 13.9. The van der Waals surface area contributed by atoms with Crippen molar-refractivity contribution in [1.82, 2.24) is 14.8 Å². The van der Waals surface area contributed by atoms with Crippen molar-refractivity contribution < 1.29 is 4.92 Å². The van der Waals surface area contributed by atoms with Gasteiger partial charge in [0.25, 0.3) is 5.69 Å². The molecule has 7 nitrogen and oxygen atoms in total. The molecule has 7 heteroatoms. The Balaban J connectivity index is 1.79. The summed E-state index contributed by atoms with van der Waals surface area (Å²) in [7, 11) is 2.14. The van der Waals surface area contributed by atoms with Crippen LogP contribution in [0.5, 0.6) is 0 Å². The maximum absolute atomic E-state index is 10.7. The predicted molar refractivity (Wildman–Crippen MR) is 78.1 cm³/mol. The van der Waals surface area contributed by atoms with E-state index in [1.807, 2.05) is 0 Å². The second-order valence-electron chi connectivity index (χ2n) is 5.18. The molecule has 1 aliphatic rings. The summed E-state index contributed by atoms with van der Waals surface area (Å²) >= 11 is 0. The van der Waals surface area contributed by atoms with Crippen LogP contribution >= 0.6 is 0 Å². The minimum Gasteiger partial charge on any atom is -0.369 e. The number of nitrogens with one attached hydrogen (secondary N) is 1. The van der Waals surface area contributed by atoms with E-state index >= 15 is 0 Å². The van der Waals surface area contributed by atoms with Crippen molar-refractivity contribution in [2.24, 2.45) is 0 Å². The standard InChI is InChI=1S/C13H21N5O2/c1-11-9-13(15-10-12(11)18(19)20)14-3-4-17-7-5-16(2)6-8-17/h9-10H,3-8H2,1-2H3,(H,14,15).